The molecule has 3 nitrogen and oxygen atoms in total. The number of amides is 1. The monoisotopic (exact) mass is 250 g/mol. The van der Waals surface area contributed by atoms with Crippen molar-refractivity contribution in [2.24, 2.45) is 0 Å². The fraction of sp³-hybridized carbons (Fsp3) is 0.500. The lowest BCUT2D eigenvalue weighted by Crippen LogP contribution is -2.51. The Balaban J connectivity index is 1.95. The maximum atomic E-state index is 12.8. The first-order valence-electron chi connectivity index (χ1n) is 6.32. The van der Waals surface area contributed by atoms with Gasteiger partial charge in [-0.1, -0.05) is 12.1 Å². The molecule has 0 bridgehead atoms. The highest BCUT2D eigenvalue weighted by molar-refractivity contribution is 5.79. The minimum atomic E-state index is -0.241. The SMILES string of the molecule is CC(C)N1CCN(Cc2ccc(F)cc2)C(=O)C1. The van der Waals surface area contributed by atoms with Gasteiger partial charge < -0.3 is 4.90 Å². The van der Waals surface area contributed by atoms with Crippen LogP contribution in [0.25, 0.3) is 0 Å². The van der Waals surface area contributed by atoms with Crippen molar-refractivity contribution < 1.29 is 9.18 Å². The fourth-order valence-electron chi connectivity index (χ4n) is 2.14. The largest absolute Gasteiger partial charge is 0.336 e. The molecule has 1 aromatic rings. The van der Waals surface area contributed by atoms with Crippen molar-refractivity contribution in [1.29, 1.82) is 0 Å². The maximum Gasteiger partial charge on any atom is 0.237 e. The minimum Gasteiger partial charge on any atom is -0.336 e. The molecule has 1 amide bonds. The number of carbonyl (C=O) groups is 1. The van der Waals surface area contributed by atoms with Crippen LogP contribution in [0, 0.1) is 5.82 Å². The Morgan fingerprint density at radius 2 is 1.89 bits per heavy atom. The summed E-state index contributed by atoms with van der Waals surface area (Å²) in [4.78, 5) is 16.0. The Kier molecular flexibility index (Phi) is 3.97. The van der Waals surface area contributed by atoms with E-state index in [0.29, 0.717) is 19.1 Å². The Morgan fingerprint density at radius 3 is 2.44 bits per heavy atom. The van der Waals surface area contributed by atoms with Gasteiger partial charge in [0.2, 0.25) is 5.91 Å². The standard InChI is InChI=1S/C14H19FN2O/c1-11(2)16-7-8-17(14(18)10-16)9-12-3-5-13(15)6-4-12/h3-6,11H,7-10H2,1-2H3. The van der Waals surface area contributed by atoms with Crippen LogP contribution in [0.5, 0.6) is 0 Å². The van der Waals surface area contributed by atoms with Crippen molar-refractivity contribution in [2.75, 3.05) is 19.6 Å². The minimum absolute atomic E-state index is 0.152. The second kappa shape index (κ2) is 5.48. The molecule has 18 heavy (non-hydrogen) atoms. The number of nitrogens with zero attached hydrogens (tertiary/aromatic N) is 2. The van der Waals surface area contributed by atoms with Gasteiger partial charge in [-0.3, -0.25) is 9.69 Å². The quantitative estimate of drug-likeness (QED) is 0.817. The molecule has 0 unspecified atom stereocenters. The molecule has 0 atom stereocenters. The van der Waals surface area contributed by atoms with E-state index >= 15 is 0 Å². The Bertz CT molecular complexity index is 416. The van der Waals surface area contributed by atoms with E-state index in [1.165, 1.54) is 12.1 Å². The van der Waals surface area contributed by atoms with E-state index in [4.69, 9.17) is 0 Å². The second-order valence-electron chi connectivity index (χ2n) is 5.01. The molecule has 0 aliphatic carbocycles. The molecular formula is C14H19FN2O. The average molecular weight is 250 g/mol. The van der Waals surface area contributed by atoms with E-state index < -0.39 is 0 Å². The topological polar surface area (TPSA) is 23.6 Å². The van der Waals surface area contributed by atoms with Crippen LogP contribution in [-0.2, 0) is 11.3 Å². The smallest absolute Gasteiger partial charge is 0.237 e. The predicted octanol–water partition coefficient (Wildman–Crippen LogP) is 1.88. The molecular weight excluding hydrogens is 231 g/mol. The van der Waals surface area contributed by atoms with Crippen molar-refractivity contribution in [1.82, 2.24) is 9.80 Å². The van der Waals surface area contributed by atoms with Crippen LogP contribution in [0.3, 0.4) is 0 Å². The molecule has 0 saturated carbocycles. The molecule has 0 N–H and O–H groups in total. The zero-order chi connectivity index (χ0) is 13.1. The number of halogens is 1. The van der Waals surface area contributed by atoms with Crippen LogP contribution in [0.15, 0.2) is 24.3 Å². The summed E-state index contributed by atoms with van der Waals surface area (Å²) in [5, 5.41) is 0. The van der Waals surface area contributed by atoms with Crippen LogP contribution in [0.1, 0.15) is 19.4 Å². The van der Waals surface area contributed by atoms with E-state index in [1.54, 1.807) is 12.1 Å². The highest BCUT2D eigenvalue weighted by atomic mass is 19.1. The fourth-order valence-corrected chi connectivity index (χ4v) is 2.14. The van der Waals surface area contributed by atoms with E-state index in [0.717, 1.165) is 18.7 Å². The normalized spacial score (nSPS) is 17.6. The number of carbonyl (C=O) groups excluding carboxylic acids is 1. The van der Waals surface area contributed by atoms with Crippen molar-refractivity contribution in [2.45, 2.75) is 26.4 Å². The molecule has 0 aromatic heterocycles. The van der Waals surface area contributed by atoms with Gasteiger partial charge in [0, 0.05) is 25.7 Å². The van der Waals surface area contributed by atoms with Crippen molar-refractivity contribution in [3.8, 4) is 0 Å². The Hall–Kier alpha value is -1.42. The molecule has 1 aromatic carbocycles. The van der Waals surface area contributed by atoms with Gasteiger partial charge in [0.05, 0.1) is 6.54 Å². The summed E-state index contributed by atoms with van der Waals surface area (Å²) in [5.41, 5.74) is 0.975. The molecule has 4 heteroatoms. The van der Waals surface area contributed by atoms with Crippen LogP contribution in [0.4, 0.5) is 4.39 Å². The van der Waals surface area contributed by atoms with Crippen LogP contribution >= 0.6 is 0 Å². The Morgan fingerprint density at radius 1 is 1.22 bits per heavy atom. The summed E-state index contributed by atoms with van der Waals surface area (Å²) >= 11 is 0. The molecule has 1 aliphatic heterocycles. The first kappa shape index (κ1) is 13.0. The van der Waals surface area contributed by atoms with E-state index in [2.05, 4.69) is 18.7 Å². The highest BCUT2D eigenvalue weighted by Crippen LogP contribution is 2.12. The van der Waals surface area contributed by atoms with Gasteiger partial charge in [0.15, 0.2) is 0 Å². The summed E-state index contributed by atoms with van der Waals surface area (Å²) < 4.78 is 12.8. The first-order chi connectivity index (χ1) is 8.56. The molecule has 1 heterocycles. The van der Waals surface area contributed by atoms with Gasteiger partial charge >= 0.3 is 0 Å². The second-order valence-corrected chi connectivity index (χ2v) is 5.01. The van der Waals surface area contributed by atoms with Gasteiger partial charge in [-0.05, 0) is 31.5 Å². The average Bonchev–Trinajstić information content (AvgIpc) is 2.34. The van der Waals surface area contributed by atoms with Crippen LogP contribution < -0.4 is 0 Å². The van der Waals surface area contributed by atoms with Crippen LogP contribution in [-0.4, -0.2) is 41.4 Å². The maximum absolute atomic E-state index is 12.8. The van der Waals surface area contributed by atoms with Crippen molar-refractivity contribution in [3.63, 3.8) is 0 Å². The lowest BCUT2D eigenvalue weighted by molar-refractivity contribution is -0.137. The molecule has 0 radical (unpaired) electrons. The summed E-state index contributed by atoms with van der Waals surface area (Å²) in [7, 11) is 0. The predicted molar refractivity (Wildman–Crippen MR) is 68.5 cm³/mol. The number of rotatable bonds is 3. The zero-order valence-corrected chi connectivity index (χ0v) is 10.9. The van der Waals surface area contributed by atoms with Gasteiger partial charge in [-0.15, -0.1) is 0 Å². The highest BCUT2D eigenvalue weighted by Gasteiger charge is 2.25. The molecule has 1 aliphatic rings. The van der Waals surface area contributed by atoms with Gasteiger partial charge in [0.25, 0.3) is 0 Å². The number of hydrogen-bond donors (Lipinski definition) is 0. The van der Waals surface area contributed by atoms with Crippen molar-refractivity contribution in [3.05, 3.63) is 35.6 Å². The zero-order valence-electron chi connectivity index (χ0n) is 10.9. The summed E-state index contributed by atoms with van der Waals surface area (Å²) in [6, 6.07) is 6.74. The third kappa shape index (κ3) is 3.07. The van der Waals surface area contributed by atoms with Crippen LogP contribution in [0.2, 0.25) is 0 Å². The third-order valence-corrected chi connectivity index (χ3v) is 3.37. The molecule has 1 fully saturated rings. The summed E-state index contributed by atoms with van der Waals surface area (Å²) in [5.74, 6) is -0.0889. The number of hydrogen-bond acceptors (Lipinski definition) is 2. The lowest BCUT2D eigenvalue weighted by Gasteiger charge is -2.36. The van der Waals surface area contributed by atoms with E-state index in [1.807, 2.05) is 4.90 Å². The van der Waals surface area contributed by atoms with E-state index in [9.17, 15) is 9.18 Å². The summed E-state index contributed by atoms with van der Waals surface area (Å²) in [6.07, 6.45) is 0. The Labute approximate surface area is 107 Å². The first-order valence-corrected chi connectivity index (χ1v) is 6.32. The number of piperazine rings is 1. The van der Waals surface area contributed by atoms with E-state index in [-0.39, 0.29) is 11.7 Å². The van der Waals surface area contributed by atoms with Gasteiger partial charge in [-0.2, -0.15) is 0 Å². The molecule has 1 saturated heterocycles. The number of benzene rings is 1. The van der Waals surface area contributed by atoms with Gasteiger partial charge in [0.1, 0.15) is 5.82 Å². The van der Waals surface area contributed by atoms with Crippen molar-refractivity contribution >= 4 is 5.91 Å². The molecule has 0 spiro atoms. The molecule has 2 rings (SSSR count). The summed E-state index contributed by atoms with van der Waals surface area (Å²) in [6.45, 7) is 6.91. The van der Waals surface area contributed by atoms with Gasteiger partial charge in [-0.25, -0.2) is 4.39 Å². The third-order valence-electron chi connectivity index (χ3n) is 3.37. The lowest BCUT2D eigenvalue weighted by atomic mass is 10.2. The molecule has 98 valence electrons.